The van der Waals surface area contributed by atoms with E-state index >= 15 is 0 Å². The molecular weight excluding hydrogens is 324 g/mol. The molecule has 0 heteroatoms. The summed E-state index contributed by atoms with van der Waals surface area (Å²) in [6.07, 6.45) is 6.12. The van der Waals surface area contributed by atoms with Gasteiger partial charge in [-0.1, -0.05) is 98.8 Å². The third kappa shape index (κ3) is 2.75. The van der Waals surface area contributed by atoms with Crippen LogP contribution in [0.4, 0.5) is 0 Å². The van der Waals surface area contributed by atoms with Crippen molar-refractivity contribution in [3.05, 3.63) is 107 Å². The van der Waals surface area contributed by atoms with Crippen molar-refractivity contribution in [3.8, 4) is 11.1 Å². The Kier molecular flexibility index (Phi) is 4.01. The van der Waals surface area contributed by atoms with Gasteiger partial charge in [-0.15, -0.1) is 0 Å². The van der Waals surface area contributed by atoms with E-state index in [2.05, 4.69) is 98.8 Å². The van der Waals surface area contributed by atoms with Gasteiger partial charge in [0.1, 0.15) is 0 Å². The fraction of sp³-hybridized carbons (Fsp3) is 0.259. The highest BCUT2D eigenvalue weighted by Gasteiger charge is 2.31. The van der Waals surface area contributed by atoms with Crippen molar-refractivity contribution in [1.29, 1.82) is 0 Å². The molecule has 0 spiro atoms. The van der Waals surface area contributed by atoms with Gasteiger partial charge >= 0.3 is 0 Å². The van der Waals surface area contributed by atoms with E-state index in [0.29, 0.717) is 17.8 Å². The summed E-state index contributed by atoms with van der Waals surface area (Å²) in [5.74, 6) is 2.36. The Labute approximate surface area is 162 Å². The van der Waals surface area contributed by atoms with Crippen LogP contribution in [0.15, 0.2) is 84.9 Å². The lowest BCUT2D eigenvalue weighted by Gasteiger charge is -2.17. The number of benzene rings is 3. The first kappa shape index (κ1) is 16.6. The molecule has 0 aromatic heterocycles. The van der Waals surface area contributed by atoms with E-state index in [-0.39, 0.29) is 0 Å². The SMILES string of the molecule is CC(C)C1C=CC(c2ccc3c(c2)-c2ccccc2C3c2ccccc2)C1. The summed E-state index contributed by atoms with van der Waals surface area (Å²) in [5.41, 5.74) is 8.59. The highest BCUT2D eigenvalue weighted by Crippen LogP contribution is 2.49. The minimum atomic E-state index is 0.356. The predicted molar refractivity (Wildman–Crippen MR) is 114 cm³/mol. The van der Waals surface area contributed by atoms with E-state index in [1.54, 1.807) is 0 Å². The lowest BCUT2D eigenvalue weighted by molar-refractivity contribution is 0.444. The van der Waals surface area contributed by atoms with E-state index in [4.69, 9.17) is 0 Å². The minimum absolute atomic E-state index is 0.356. The van der Waals surface area contributed by atoms with Gasteiger partial charge in [-0.25, -0.2) is 0 Å². The van der Waals surface area contributed by atoms with Crippen LogP contribution in [0.25, 0.3) is 11.1 Å². The molecule has 3 atom stereocenters. The molecule has 3 unspecified atom stereocenters. The van der Waals surface area contributed by atoms with E-state index < -0.39 is 0 Å². The van der Waals surface area contributed by atoms with Gasteiger partial charge in [0, 0.05) is 11.8 Å². The quantitative estimate of drug-likeness (QED) is 0.344. The summed E-state index contributed by atoms with van der Waals surface area (Å²) in [7, 11) is 0. The third-order valence-electron chi connectivity index (χ3n) is 6.48. The molecule has 0 saturated heterocycles. The number of allylic oxidation sites excluding steroid dienone is 2. The first-order valence-corrected chi connectivity index (χ1v) is 10.2. The molecular formula is C27H26. The fourth-order valence-electron chi connectivity index (χ4n) is 4.92. The molecule has 0 heterocycles. The summed E-state index contributed by atoms with van der Waals surface area (Å²) in [4.78, 5) is 0. The van der Waals surface area contributed by atoms with Gasteiger partial charge in [-0.2, -0.15) is 0 Å². The third-order valence-corrected chi connectivity index (χ3v) is 6.48. The molecule has 0 amide bonds. The average Bonchev–Trinajstić information content (AvgIpc) is 3.32. The van der Waals surface area contributed by atoms with Crippen molar-refractivity contribution in [2.45, 2.75) is 32.1 Å². The van der Waals surface area contributed by atoms with Crippen molar-refractivity contribution in [1.82, 2.24) is 0 Å². The summed E-state index contributed by atoms with van der Waals surface area (Å²) < 4.78 is 0. The summed E-state index contributed by atoms with van der Waals surface area (Å²) in [5, 5.41) is 0. The maximum Gasteiger partial charge on any atom is 0.0352 e. The van der Waals surface area contributed by atoms with Gasteiger partial charge in [-0.3, -0.25) is 0 Å². The Morgan fingerprint density at radius 1 is 0.704 bits per heavy atom. The Balaban J connectivity index is 1.58. The van der Waals surface area contributed by atoms with Crippen LogP contribution in [0.3, 0.4) is 0 Å². The zero-order valence-electron chi connectivity index (χ0n) is 16.1. The number of rotatable bonds is 3. The van der Waals surface area contributed by atoms with E-state index in [0.717, 1.165) is 5.92 Å². The Morgan fingerprint density at radius 3 is 2.22 bits per heavy atom. The highest BCUT2D eigenvalue weighted by atomic mass is 14.3. The lowest BCUT2D eigenvalue weighted by atomic mass is 9.87. The molecule has 2 aliphatic carbocycles. The molecule has 0 bridgehead atoms. The van der Waals surface area contributed by atoms with E-state index in [9.17, 15) is 0 Å². The molecule has 3 aromatic rings. The second-order valence-corrected chi connectivity index (χ2v) is 8.41. The second kappa shape index (κ2) is 6.53. The van der Waals surface area contributed by atoms with Crippen molar-refractivity contribution in [2.24, 2.45) is 11.8 Å². The molecule has 0 nitrogen and oxygen atoms in total. The molecule has 3 aromatic carbocycles. The molecule has 0 aliphatic heterocycles. The number of fused-ring (bicyclic) bond motifs is 3. The largest absolute Gasteiger partial charge is 0.0845 e. The van der Waals surface area contributed by atoms with E-state index in [1.165, 1.54) is 39.8 Å². The fourth-order valence-corrected chi connectivity index (χ4v) is 4.92. The van der Waals surface area contributed by atoms with Gasteiger partial charge in [0.15, 0.2) is 0 Å². The van der Waals surface area contributed by atoms with Crippen LogP contribution in [0.2, 0.25) is 0 Å². The van der Waals surface area contributed by atoms with Gasteiger partial charge in [0.2, 0.25) is 0 Å². The Hall–Kier alpha value is -2.60. The average molecular weight is 351 g/mol. The Morgan fingerprint density at radius 2 is 1.44 bits per heavy atom. The van der Waals surface area contributed by atoms with Crippen molar-refractivity contribution < 1.29 is 0 Å². The van der Waals surface area contributed by atoms with Crippen molar-refractivity contribution in [3.63, 3.8) is 0 Å². The monoisotopic (exact) mass is 350 g/mol. The molecule has 27 heavy (non-hydrogen) atoms. The van der Waals surface area contributed by atoms with Crippen LogP contribution in [-0.2, 0) is 0 Å². The molecule has 134 valence electrons. The number of hydrogen-bond acceptors (Lipinski definition) is 0. The first-order chi connectivity index (χ1) is 13.2. The number of hydrogen-bond donors (Lipinski definition) is 0. The zero-order valence-corrected chi connectivity index (χ0v) is 16.1. The standard InChI is InChI=1S/C27H26/c1-18(2)20-12-13-21(16-20)22-14-15-25-26(17-22)23-10-6-7-11-24(23)27(25)19-8-4-3-5-9-19/h3-15,17-18,20-21,27H,16H2,1-2H3. The minimum Gasteiger partial charge on any atom is -0.0845 e. The normalized spacial score (nSPS) is 22.9. The zero-order chi connectivity index (χ0) is 18.4. The van der Waals surface area contributed by atoms with Crippen molar-refractivity contribution >= 4 is 0 Å². The smallest absolute Gasteiger partial charge is 0.0352 e. The molecule has 0 saturated carbocycles. The van der Waals surface area contributed by atoms with Crippen LogP contribution in [0.5, 0.6) is 0 Å². The maximum atomic E-state index is 2.47. The van der Waals surface area contributed by atoms with Gasteiger partial charge in [0.25, 0.3) is 0 Å². The molecule has 0 radical (unpaired) electrons. The highest BCUT2D eigenvalue weighted by molar-refractivity contribution is 5.81. The van der Waals surface area contributed by atoms with Crippen LogP contribution in [0.1, 0.15) is 54.4 Å². The van der Waals surface area contributed by atoms with Crippen LogP contribution in [0, 0.1) is 11.8 Å². The molecule has 0 N–H and O–H groups in total. The second-order valence-electron chi connectivity index (χ2n) is 8.41. The predicted octanol–water partition coefficient (Wildman–Crippen LogP) is 7.16. The van der Waals surface area contributed by atoms with Crippen LogP contribution in [-0.4, -0.2) is 0 Å². The Bertz CT molecular complexity index is 994. The van der Waals surface area contributed by atoms with Gasteiger partial charge in [0.05, 0.1) is 0 Å². The van der Waals surface area contributed by atoms with Crippen LogP contribution < -0.4 is 0 Å². The molecule has 5 rings (SSSR count). The summed E-state index contributed by atoms with van der Waals surface area (Å²) in [6.45, 7) is 4.67. The van der Waals surface area contributed by atoms with Crippen LogP contribution >= 0.6 is 0 Å². The maximum absolute atomic E-state index is 2.47. The molecule has 2 aliphatic rings. The molecule has 0 fully saturated rings. The van der Waals surface area contributed by atoms with Gasteiger partial charge < -0.3 is 0 Å². The first-order valence-electron chi connectivity index (χ1n) is 10.2. The lowest BCUT2D eigenvalue weighted by Crippen LogP contribution is -2.04. The summed E-state index contributed by atoms with van der Waals surface area (Å²) in [6, 6.07) is 27.1. The summed E-state index contributed by atoms with van der Waals surface area (Å²) >= 11 is 0. The van der Waals surface area contributed by atoms with Gasteiger partial charge in [-0.05, 0) is 51.6 Å². The van der Waals surface area contributed by atoms with Crippen molar-refractivity contribution in [2.75, 3.05) is 0 Å². The van der Waals surface area contributed by atoms with E-state index in [1.807, 2.05) is 0 Å². The topological polar surface area (TPSA) is 0 Å².